The Hall–Kier alpha value is -2.55. The third-order valence-electron chi connectivity index (χ3n) is 3.42. The van der Waals surface area contributed by atoms with E-state index >= 15 is 0 Å². The van der Waals surface area contributed by atoms with Crippen LogP contribution in [0.5, 0.6) is 11.6 Å². The molecule has 2 aromatic rings. The van der Waals surface area contributed by atoms with Crippen molar-refractivity contribution < 1.29 is 23.7 Å². The zero-order valence-corrected chi connectivity index (χ0v) is 16.6. The number of pyridine rings is 1. The molecule has 1 aromatic carbocycles. The van der Waals surface area contributed by atoms with Gasteiger partial charge in [0, 0.05) is 19.8 Å². The van der Waals surface area contributed by atoms with Crippen molar-refractivity contribution >= 4 is 29.0 Å². The Morgan fingerprint density at radius 2 is 1.89 bits per heavy atom. The Balaban J connectivity index is 1.92. The van der Waals surface area contributed by atoms with E-state index in [1.165, 1.54) is 6.20 Å². The van der Waals surface area contributed by atoms with Gasteiger partial charge in [0.05, 0.1) is 35.8 Å². The molecule has 2 N–H and O–H groups in total. The van der Waals surface area contributed by atoms with E-state index in [0.29, 0.717) is 61.1 Å². The first-order valence-corrected chi connectivity index (χ1v) is 9.16. The molecule has 0 radical (unpaired) electrons. The number of rotatable bonds is 11. The van der Waals surface area contributed by atoms with Gasteiger partial charge in [-0.1, -0.05) is 17.7 Å². The molecule has 28 heavy (non-hydrogen) atoms. The van der Waals surface area contributed by atoms with Crippen molar-refractivity contribution in [1.82, 2.24) is 4.98 Å². The summed E-state index contributed by atoms with van der Waals surface area (Å²) < 4.78 is 21.2. The van der Waals surface area contributed by atoms with Crippen molar-refractivity contribution in [3.63, 3.8) is 0 Å². The van der Waals surface area contributed by atoms with Crippen LogP contribution in [0.3, 0.4) is 0 Å². The van der Waals surface area contributed by atoms with Crippen LogP contribution in [0.2, 0.25) is 5.02 Å². The minimum Gasteiger partial charge on any atom is -0.487 e. The first kappa shape index (κ1) is 21.7. The summed E-state index contributed by atoms with van der Waals surface area (Å²) in [7, 11) is 1.60. The number of carbonyl (C=O) groups is 1. The van der Waals surface area contributed by atoms with Gasteiger partial charge in [0.1, 0.15) is 13.2 Å². The van der Waals surface area contributed by atoms with Gasteiger partial charge in [-0.05, 0) is 25.1 Å². The number of benzene rings is 1. The molecule has 2 amide bonds. The lowest BCUT2D eigenvalue weighted by Gasteiger charge is -2.14. The highest BCUT2D eigenvalue weighted by Gasteiger charge is 2.12. The number of nitrogens with one attached hydrogen (secondary N) is 2. The summed E-state index contributed by atoms with van der Waals surface area (Å²) in [6, 6.07) is 8.01. The number of amides is 2. The monoisotopic (exact) mass is 409 g/mol. The van der Waals surface area contributed by atoms with E-state index in [1.807, 2.05) is 6.92 Å². The molecule has 0 atom stereocenters. The highest BCUT2D eigenvalue weighted by atomic mass is 35.5. The number of methoxy groups -OCH3 is 1. The second-order valence-corrected chi connectivity index (χ2v) is 5.87. The van der Waals surface area contributed by atoms with Gasteiger partial charge in [0.15, 0.2) is 5.75 Å². The van der Waals surface area contributed by atoms with Gasteiger partial charge in [-0.2, -0.15) is 0 Å². The maximum Gasteiger partial charge on any atom is 0.323 e. The van der Waals surface area contributed by atoms with Crippen LogP contribution in [0.4, 0.5) is 16.2 Å². The molecule has 0 saturated heterocycles. The van der Waals surface area contributed by atoms with Crippen molar-refractivity contribution in [2.45, 2.75) is 6.92 Å². The Kier molecular flexibility index (Phi) is 9.33. The second-order valence-electron chi connectivity index (χ2n) is 5.47. The van der Waals surface area contributed by atoms with Gasteiger partial charge in [0.25, 0.3) is 0 Å². The maximum atomic E-state index is 12.3. The summed E-state index contributed by atoms with van der Waals surface area (Å²) in [5, 5.41) is 5.81. The van der Waals surface area contributed by atoms with Crippen LogP contribution in [0.25, 0.3) is 0 Å². The Morgan fingerprint density at radius 1 is 1.07 bits per heavy atom. The van der Waals surface area contributed by atoms with E-state index in [9.17, 15) is 4.79 Å². The average molecular weight is 410 g/mol. The summed E-state index contributed by atoms with van der Waals surface area (Å²) in [5.41, 5.74) is 0.964. The van der Waals surface area contributed by atoms with Gasteiger partial charge in [0.2, 0.25) is 5.88 Å². The number of nitrogens with zero attached hydrogens (tertiary/aromatic N) is 1. The van der Waals surface area contributed by atoms with Crippen molar-refractivity contribution in [2.75, 3.05) is 50.8 Å². The topological polar surface area (TPSA) is 90.9 Å². The van der Waals surface area contributed by atoms with Gasteiger partial charge >= 0.3 is 6.03 Å². The highest BCUT2D eigenvalue weighted by Crippen LogP contribution is 2.33. The predicted molar refractivity (Wildman–Crippen MR) is 108 cm³/mol. The molecule has 0 unspecified atom stereocenters. The second kappa shape index (κ2) is 12.0. The quantitative estimate of drug-likeness (QED) is 0.548. The Bertz CT molecular complexity index is 743. The van der Waals surface area contributed by atoms with Crippen LogP contribution in [0, 0.1) is 0 Å². The third kappa shape index (κ3) is 7.22. The largest absolute Gasteiger partial charge is 0.487 e. The lowest BCUT2D eigenvalue weighted by Crippen LogP contribution is -2.20. The molecule has 1 heterocycles. The molecular weight excluding hydrogens is 386 g/mol. The Morgan fingerprint density at radius 3 is 2.61 bits per heavy atom. The zero-order chi connectivity index (χ0) is 20.2. The number of halogens is 1. The van der Waals surface area contributed by atoms with Crippen LogP contribution >= 0.6 is 11.6 Å². The molecule has 0 spiro atoms. The van der Waals surface area contributed by atoms with Crippen molar-refractivity contribution in [3.8, 4) is 11.6 Å². The lowest BCUT2D eigenvalue weighted by molar-refractivity contribution is 0.110. The molecule has 0 saturated carbocycles. The van der Waals surface area contributed by atoms with Gasteiger partial charge in [-0.25, -0.2) is 9.78 Å². The van der Waals surface area contributed by atoms with E-state index in [4.69, 9.17) is 30.5 Å². The molecular formula is C19H24ClN3O5. The molecule has 0 aliphatic carbocycles. The molecule has 8 nitrogen and oxygen atoms in total. The van der Waals surface area contributed by atoms with Crippen LogP contribution < -0.4 is 20.1 Å². The van der Waals surface area contributed by atoms with E-state index < -0.39 is 6.03 Å². The maximum absolute atomic E-state index is 12.3. The number of para-hydroxylation sites is 1. The summed E-state index contributed by atoms with van der Waals surface area (Å²) >= 11 is 6.19. The summed E-state index contributed by atoms with van der Waals surface area (Å²) in [6.07, 6.45) is 1.50. The van der Waals surface area contributed by atoms with Crippen LogP contribution in [-0.2, 0) is 9.47 Å². The smallest absolute Gasteiger partial charge is 0.323 e. The van der Waals surface area contributed by atoms with E-state index in [2.05, 4.69) is 15.6 Å². The first-order valence-electron chi connectivity index (χ1n) is 8.79. The fraction of sp³-hybridized carbons (Fsp3) is 0.368. The SMILES string of the molecule is CCOCCOc1c(Cl)cccc1NC(=O)Nc1ccc(OCCOC)nc1. The number of ether oxygens (including phenoxy) is 4. The summed E-state index contributed by atoms with van der Waals surface area (Å²) in [6.45, 7) is 4.13. The normalized spacial score (nSPS) is 10.4. The first-order chi connectivity index (χ1) is 13.6. The fourth-order valence-corrected chi connectivity index (χ4v) is 2.38. The van der Waals surface area contributed by atoms with Gasteiger partial charge in [-0.3, -0.25) is 0 Å². The number of anilines is 2. The number of carbonyl (C=O) groups excluding carboxylic acids is 1. The summed E-state index contributed by atoms with van der Waals surface area (Å²) in [4.78, 5) is 16.4. The van der Waals surface area contributed by atoms with E-state index in [-0.39, 0.29) is 0 Å². The van der Waals surface area contributed by atoms with E-state index in [1.54, 1.807) is 37.4 Å². The molecule has 0 aliphatic rings. The number of hydrogen-bond acceptors (Lipinski definition) is 6. The number of aromatic nitrogens is 1. The molecule has 0 bridgehead atoms. The highest BCUT2D eigenvalue weighted by molar-refractivity contribution is 6.32. The fourth-order valence-electron chi connectivity index (χ4n) is 2.15. The standard InChI is InChI=1S/C19H24ClN3O5/c1-3-26-10-12-28-18-15(20)5-4-6-16(18)23-19(24)22-14-7-8-17(21-13-14)27-11-9-25-2/h4-8,13H,3,9-12H2,1-2H3,(H2,22,23,24). The van der Waals surface area contributed by atoms with Gasteiger partial charge < -0.3 is 29.6 Å². The van der Waals surface area contributed by atoms with Crippen LogP contribution in [0.15, 0.2) is 36.5 Å². The Labute approximate surface area is 169 Å². The van der Waals surface area contributed by atoms with Crippen molar-refractivity contribution in [3.05, 3.63) is 41.6 Å². The lowest BCUT2D eigenvalue weighted by atomic mass is 10.3. The molecule has 0 aliphatic heterocycles. The summed E-state index contributed by atoms with van der Waals surface area (Å²) in [5.74, 6) is 0.835. The van der Waals surface area contributed by atoms with Crippen molar-refractivity contribution in [2.24, 2.45) is 0 Å². The molecule has 0 fully saturated rings. The molecule has 9 heteroatoms. The van der Waals surface area contributed by atoms with E-state index in [0.717, 1.165) is 0 Å². The van der Waals surface area contributed by atoms with Crippen LogP contribution in [-0.4, -0.2) is 51.2 Å². The molecule has 152 valence electrons. The third-order valence-corrected chi connectivity index (χ3v) is 3.72. The van der Waals surface area contributed by atoms with Gasteiger partial charge in [-0.15, -0.1) is 0 Å². The minimum absolute atomic E-state index is 0.322. The minimum atomic E-state index is -0.452. The molecule has 1 aromatic heterocycles. The number of urea groups is 1. The zero-order valence-electron chi connectivity index (χ0n) is 15.9. The molecule has 2 rings (SSSR count). The van der Waals surface area contributed by atoms with Crippen molar-refractivity contribution in [1.29, 1.82) is 0 Å². The predicted octanol–water partition coefficient (Wildman–Crippen LogP) is 3.82. The van der Waals surface area contributed by atoms with Crippen LogP contribution in [0.1, 0.15) is 6.92 Å². The number of hydrogen-bond donors (Lipinski definition) is 2. The average Bonchev–Trinajstić information content (AvgIpc) is 2.68.